The Balaban J connectivity index is 2.38. The van der Waals surface area contributed by atoms with Crippen molar-refractivity contribution >= 4 is 40.7 Å². The number of nitrogens with zero attached hydrogens (tertiary/aromatic N) is 2. The van der Waals surface area contributed by atoms with Crippen LogP contribution in [0.4, 0.5) is 21.8 Å². The first-order chi connectivity index (χ1) is 8.08. The van der Waals surface area contributed by atoms with Gasteiger partial charge in [0.05, 0.1) is 16.9 Å². The minimum atomic E-state index is -0.581. The molecule has 0 aliphatic heterocycles. The fourth-order valence-electron chi connectivity index (χ4n) is 1.20. The summed E-state index contributed by atoms with van der Waals surface area (Å²) >= 11 is 11.5. The van der Waals surface area contributed by atoms with Crippen LogP contribution in [0.2, 0.25) is 10.0 Å². The second-order valence-electron chi connectivity index (χ2n) is 3.15. The minimum Gasteiger partial charge on any atom is -0.368 e. The maximum Gasteiger partial charge on any atom is 0.222 e. The van der Waals surface area contributed by atoms with E-state index in [2.05, 4.69) is 15.3 Å². The molecule has 2 rings (SSSR count). The molecule has 0 fully saturated rings. The predicted molar refractivity (Wildman–Crippen MR) is 66.1 cm³/mol. The molecular formula is C10H7Cl2FN4. The van der Waals surface area contributed by atoms with E-state index in [1.54, 1.807) is 6.07 Å². The molecule has 3 N–H and O–H groups in total. The molecule has 4 nitrogen and oxygen atoms in total. The third-order valence-electron chi connectivity index (χ3n) is 1.97. The second kappa shape index (κ2) is 4.73. The maximum absolute atomic E-state index is 13.6. The van der Waals surface area contributed by atoms with Crippen LogP contribution in [-0.4, -0.2) is 9.97 Å². The van der Waals surface area contributed by atoms with E-state index in [-0.39, 0.29) is 27.5 Å². The number of halogens is 3. The zero-order chi connectivity index (χ0) is 12.4. The molecular weight excluding hydrogens is 266 g/mol. The number of aromatic nitrogens is 2. The molecule has 0 aliphatic rings. The van der Waals surface area contributed by atoms with Crippen LogP contribution in [0.15, 0.2) is 24.4 Å². The van der Waals surface area contributed by atoms with Gasteiger partial charge in [-0.15, -0.1) is 0 Å². The van der Waals surface area contributed by atoms with Crippen LogP contribution in [0.25, 0.3) is 0 Å². The number of rotatable bonds is 2. The molecule has 1 aromatic carbocycles. The Bertz CT molecular complexity index is 562. The molecule has 1 aromatic heterocycles. The average molecular weight is 273 g/mol. The average Bonchev–Trinajstić information content (AvgIpc) is 2.30. The minimum absolute atomic E-state index is 0.00755. The lowest BCUT2D eigenvalue weighted by Crippen LogP contribution is -2.01. The van der Waals surface area contributed by atoms with Gasteiger partial charge in [0.2, 0.25) is 5.95 Å². The monoisotopic (exact) mass is 272 g/mol. The van der Waals surface area contributed by atoms with E-state index >= 15 is 0 Å². The molecule has 2 aromatic rings. The van der Waals surface area contributed by atoms with Crippen molar-refractivity contribution in [3.05, 3.63) is 40.3 Å². The van der Waals surface area contributed by atoms with Gasteiger partial charge in [-0.2, -0.15) is 4.98 Å². The molecule has 0 spiro atoms. The van der Waals surface area contributed by atoms with E-state index in [9.17, 15) is 4.39 Å². The highest BCUT2D eigenvalue weighted by atomic mass is 35.5. The highest BCUT2D eigenvalue weighted by molar-refractivity contribution is 6.33. The zero-order valence-corrected chi connectivity index (χ0v) is 9.93. The number of anilines is 3. The number of benzene rings is 1. The fourth-order valence-corrected chi connectivity index (χ4v) is 1.51. The topological polar surface area (TPSA) is 63.8 Å². The van der Waals surface area contributed by atoms with Crippen molar-refractivity contribution in [1.82, 2.24) is 9.97 Å². The van der Waals surface area contributed by atoms with Crippen LogP contribution >= 0.6 is 23.2 Å². The summed E-state index contributed by atoms with van der Waals surface area (Å²) in [6.45, 7) is 0. The number of nitrogens with two attached hydrogens (primary N) is 1. The van der Waals surface area contributed by atoms with Crippen LogP contribution in [0.1, 0.15) is 0 Å². The molecule has 88 valence electrons. The smallest absolute Gasteiger partial charge is 0.222 e. The lowest BCUT2D eigenvalue weighted by Gasteiger charge is -2.08. The molecule has 0 saturated heterocycles. The summed E-state index contributed by atoms with van der Waals surface area (Å²) < 4.78 is 13.6. The molecule has 1 heterocycles. The van der Waals surface area contributed by atoms with Gasteiger partial charge in [0.25, 0.3) is 0 Å². The van der Waals surface area contributed by atoms with E-state index in [1.807, 2.05) is 0 Å². The Morgan fingerprint density at radius 2 is 2.00 bits per heavy atom. The van der Waals surface area contributed by atoms with Crippen LogP contribution < -0.4 is 11.1 Å². The lowest BCUT2D eigenvalue weighted by molar-refractivity contribution is 0.632. The largest absolute Gasteiger partial charge is 0.368 e. The quantitative estimate of drug-likeness (QED) is 0.881. The van der Waals surface area contributed by atoms with E-state index in [1.165, 1.54) is 18.3 Å². The van der Waals surface area contributed by atoms with Gasteiger partial charge >= 0.3 is 0 Å². The Morgan fingerprint density at radius 1 is 1.24 bits per heavy atom. The Hall–Kier alpha value is -1.59. The summed E-state index contributed by atoms with van der Waals surface area (Å²) in [4.78, 5) is 7.55. The van der Waals surface area contributed by atoms with Crippen molar-refractivity contribution in [2.45, 2.75) is 0 Å². The van der Waals surface area contributed by atoms with Crippen molar-refractivity contribution < 1.29 is 4.39 Å². The summed E-state index contributed by atoms with van der Waals surface area (Å²) in [5, 5.41) is 2.94. The van der Waals surface area contributed by atoms with Crippen molar-refractivity contribution in [3.63, 3.8) is 0 Å². The zero-order valence-electron chi connectivity index (χ0n) is 8.42. The van der Waals surface area contributed by atoms with Gasteiger partial charge in [-0.05, 0) is 12.1 Å². The molecule has 17 heavy (non-hydrogen) atoms. The molecule has 7 heteroatoms. The molecule has 0 bridgehead atoms. The molecule has 0 atom stereocenters. The first kappa shape index (κ1) is 11.9. The fraction of sp³-hybridized carbons (Fsp3) is 0. The summed E-state index contributed by atoms with van der Waals surface area (Å²) in [5.41, 5.74) is 5.57. The predicted octanol–water partition coefficient (Wildman–Crippen LogP) is 3.25. The number of nitrogens with one attached hydrogen (secondary N) is 1. The Labute approximate surface area is 107 Å². The molecule has 0 saturated carbocycles. The van der Waals surface area contributed by atoms with Gasteiger partial charge < -0.3 is 11.1 Å². The number of hydrogen-bond donors (Lipinski definition) is 2. The summed E-state index contributed by atoms with van der Waals surface area (Å²) in [6, 6.07) is 4.56. The third-order valence-corrected chi connectivity index (χ3v) is 2.54. The van der Waals surface area contributed by atoms with Crippen LogP contribution in [0, 0.1) is 5.82 Å². The summed E-state index contributed by atoms with van der Waals surface area (Å²) in [5.74, 6) is -0.318. The molecule has 0 unspecified atom stereocenters. The van der Waals surface area contributed by atoms with E-state index in [0.29, 0.717) is 0 Å². The first-order valence-electron chi connectivity index (χ1n) is 4.57. The van der Waals surface area contributed by atoms with Crippen molar-refractivity contribution in [2.24, 2.45) is 0 Å². The van der Waals surface area contributed by atoms with E-state index < -0.39 is 5.82 Å². The number of hydrogen-bond acceptors (Lipinski definition) is 4. The second-order valence-corrected chi connectivity index (χ2v) is 3.97. The Kier molecular flexibility index (Phi) is 3.31. The van der Waals surface area contributed by atoms with Crippen LogP contribution in [-0.2, 0) is 0 Å². The Morgan fingerprint density at radius 3 is 2.76 bits per heavy atom. The summed E-state index contributed by atoms with van der Waals surface area (Å²) in [7, 11) is 0. The highest BCUT2D eigenvalue weighted by Crippen LogP contribution is 2.27. The van der Waals surface area contributed by atoms with E-state index in [0.717, 1.165) is 0 Å². The molecule has 0 aliphatic carbocycles. The number of nitrogen functional groups attached to an aromatic ring is 1. The SMILES string of the molecule is Nc1ncc(Cl)c(Nc2cccc(Cl)c2F)n1. The first-order valence-corrected chi connectivity index (χ1v) is 5.32. The normalized spacial score (nSPS) is 10.3. The van der Waals surface area contributed by atoms with E-state index in [4.69, 9.17) is 28.9 Å². The van der Waals surface area contributed by atoms with Gasteiger partial charge in [-0.25, -0.2) is 9.37 Å². The standard InChI is InChI=1S/C10H7Cl2FN4/c11-5-2-1-3-7(8(5)13)16-9-6(12)4-15-10(14)17-9/h1-4H,(H3,14,15,16,17). The van der Waals surface area contributed by atoms with Gasteiger partial charge in [0.15, 0.2) is 11.6 Å². The van der Waals surface area contributed by atoms with Crippen molar-refractivity contribution in [1.29, 1.82) is 0 Å². The highest BCUT2D eigenvalue weighted by Gasteiger charge is 2.09. The van der Waals surface area contributed by atoms with Crippen molar-refractivity contribution in [3.8, 4) is 0 Å². The van der Waals surface area contributed by atoms with Gasteiger partial charge in [0, 0.05) is 0 Å². The van der Waals surface area contributed by atoms with Crippen LogP contribution in [0.3, 0.4) is 0 Å². The van der Waals surface area contributed by atoms with Gasteiger partial charge in [-0.1, -0.05) is 29.3 Å². The lowest BCUT2D eigenvalue weighted by atomic mass is 10.3. The molecule has 0 radical (unpaired) electrons. The summed E-state index contributed by atoms with van der Waals surface area (Å²) in [6.07, 6.45) is 1.33. The molecule has 0 amide bonds. The van der Waals surface area contributed by atoms with Gasteiger partial charge in [-0.3, -0.25) is 0 Å². The van der Waals surface area contributed by atoms with Gasteiger partial charge in [0.1, 0.15) is 5.02 Å². The van der Waals surface area contributed by atoms with Crippen LogP contribution in [0.5, 0.6) is 0 Å². The maximum atomic E-state index is 13.6. The van der Waals surface area contributed by atoms with Crippen molar-refractivity contribution in [2.75, 3.05) is 11.1 Å². The third kappa shape index (κ3) is 2.57.